The molecule has 14 nitrogen and oxygen atoms in total. The number of para-hydroxylation sites is 2. The second kappa shape index (κ2) is 13.9. The van der Waals surface area contributed by atoms with Crippen molar-refractivity contribution in [1.82, 2.24) is 9.80 Å². The number of nitrogens with zero attached hydrogens (tertiary/aromatic N) is 2. The molecular weight excluding hydrogens is 546 g/mol. The van der Waals surface area contributed by atoms with Crippen molar-refractivity contribution in [1.29, 1.82) is 0 Å². The van der Waals surface area contributed by atoms with Gasteiger partial charge in [-0.2, -0.15) is 0 Å². The molecule has 0 saturated heterocycles. The third-order valence-electron chi connectivity index (χ3n) is 5.98. The molecule has 0 radical (unpaired) electrons. The van der Waals surface area contributed by atoms with Gasteiger partial charge in [-0.05, 0) is 0 Å². The quantitative estimate of drug-likeness (QED) is 0.118. The first kappa shape index (κ1) is 32.3. The fourth-order valence-corrected chi connectivity index (χ4v) is 5.78. The Labute approximate surface area is 219 Å². The Morgan fingerprint density at radius 3 is 1.18 bits per heavy atom. The summed E-state index contributed by atoms with van der Waals surface area (Å²) in [5.74, 6) is -0.693. The van der Waals surface area contributed by atoms with E-state index in [2.05, 4.69) is 0 Å². The van der Waals surface area contributed by atoms with Crippen molar-refractivity contribution in [2.75, 3.05) is 25.8 Å². The van der Waals surface area contributed by atoms with Crippen molar-refractivity contribution < 1.29 is 59.3 Å². The van der Waals surface area contributed by atoms with Crippen molar-refractivity contribution in [3.63, 3.8) is 0 Å². The number of aliphatic hydroxyl groups is 4. The van der Waals surface area contributed by atoms with Gasteiger partial charge in [0.2, 0.25) is 0 Å². The van der Waals surface area contributed by atoms with E-state index in [-0.39, 0.29) is 46.8 Å². The molecule has 0 heterocycles. The van der Waals surface area contributed by atoms with Crippen LogP contribution in [-0.4, -0.2) is 97.9 Å². The molecule has 214 valence electrons. The molecule has 16 heteroatoms. The Bertz CT molecular complexity index is 1070. The molecule has 0 saturated carbocycles. The second-order valence-electron chi connectivity index (χ2n) is 8.77. The molecule has 2 aromatic carbocycles. The van der Waals surface area contributed by atoms with E-state index in [9.17, 15) is 59.3 Å². The molecule has 2 rings (SSSR count). The van der Waals surface area contributed by atoms with Gasteiger partial charge in [0.1, 0.15) is 24.1 Å². The lowest BCUT2D eigenvalue weighted by Gasteiger charge is -2.41. The summed E-state index contributed by atoms with van der Waals surface area (Å²) < 4.78 is 24.0. The highest BCUT2D eigenvalue weighted by molar-refractivity contribution is 7.51. The van der Waals surface area contributed by atoms with Crippen LogP contribution in [0.15, 0.2) is 36.4 Å². The minimum Gasteiger partial charge on any atom is -0.507 e. The van der Waals surface area contributed by atoms with Gasteiger partial charge >= 0.3 is 15.2 Å². The third kappa shape index (κ3) is 9.09. The third-order valence-corrected chi connectivity index (χ3v) is 7.45. The lowest BCUT2D eigenvalue weighted by molar-refractivity contribution is 0.0157. The summed E-state index contributed by atoms with van der Waals surface area (Å²) >= 11 is 0. The van der Waals surface area contributed by atoms with Gasteiger partial charge in [-0.3, -0.25) is 18.9 Å². The number of hydrogen-bond donors (Lipinski definition) is 10. The van der Waals surface area contributed by atoms with Crippen LogP contribution in [0.4, 0.5) is 0 Å². The van der Waals surface area contributed by atoms with Crippen molar-refractivity contribution in [3.8, 4) is 11.5 Å². The minimum atomic E-state index is -4.80. The average molecular weight is 580 g/mol. The van der Waals surface area contributed by atoms with Crippen LogP contribution >= 0.6 is 15.2 Å². The van der Waals surface area contributed by atoms with E-state index in [1.54, 1.807) is 0 Å². The lowest BCUT2D eigenvalue weighted by atomic mass is 10.0. The molecular formula is C22H34N2O12P2. The summed E-state index contributed by atoms with van der Waals surface area (Å²) in [6.45, 7) is -3.44. The van der Waals surface area contributed by atoms with Gasteiger partial charge in [0.05, 0.1) is 38.5 Å². The summed E-state index contributed by atoms with van der Waals surface area (Å²) in [7, 11) is -9.61. The highest BCUT2D eigenvalue weighted by Crippen LogP contribution is 2.40. The zero-order chi connectivity index (χ0) is 28.7. The van der Waals surface area contributed by atoms with Gasteiger partial charge < -0.3 is 50.2 Å². The van der Waals surface area contributed by atoms with E-state index in [1.807, 2.05) is 0 Å². The number of rotatable bonds is 15. The van der Waals surface area contributed by atoms with Crippen LogP contribution in [-0.2, 0) is 35.4 Å². The van der Waals surface area contributed by atoms with Gasteiger partial charge in [0, 0.05) is 35.3 Å². The predicted molar refractivity (Wildman–Crippen MR) is 135 cm³/mol. The standard InChI is InChI=1S/C22H34N2O12P2/c25-9-17-5-1-3-15(21(17)29)7-23(13-37(31,32)33)19(11-27)20(12-28)24(14-38(34,35)36)8-16-4-2-6-18(10-26)22(16)30/h1-6,19-20,25-30H,7-14H2,(H2,31,32,33)(H2,34,35,36)/t19-,20?/m1/s1. The zero-order valence-corrected chi connectivity index (χ0v) is 22.1. The summed E-state index contributed by atoms with van der Waals surface area (Å²) in [5.41, 5.74) is 0.547. The molecule has 0 amide bonds. The number of phenols is 2. The summed E-state index contributed by atoms with van der Waals surface area (Å²) in [4.78, 5) is 41.0. The molecule has 10 N–H and O–H groups in total. The molecule has 0 aliphatic carbocycles. The first-order valence-corrected chi connectivity index (χ1v) is 14.9. The van der Waals surface area contributed by atoms with Gasteiger partial charge in [-0.15, -0.1) is 0 Å². The topological polar surface area (TPSA) is 243 Å². The van der Waals surface area contributed by atoms with Crippen LogP contribution in [0, 0.1) is 0 Å². The molecule has 2 atom stereocenters. The maximum absolute atomic E-state index is 12.0. The minimum absolute atomic E-state index is 0.134. The number of aliphatic hydroxyl groups excluding tert-OH is 4. The summed E-state index contributed by atoms with van der Waals surface area (Å²) in [5, 5.41) is 60.4. The molecule has 0 aliphatic rings. The van der Waals surface area contributed by atoms with Crippen molar-refractivity contribution in [3.05, 3.63) is 58.7 Å². The molecule has 1 unspecified atom stereocenters. The van der Waals surface area contributed by atoms with Crippen LogP contribution < -0.4 is 0 Å². The average Bonchev–Trinajstić information content (AvgIpc) is 2.82. The number of benzene rings is 2. The van der Waals surface area contributed by atoms with Crippen LogP contribution in [0.2, 0.25) is 0 Å². The smallest absolute Gasteiger partial charge is 0.339 e. The Balaban J connectivity index is 2.55. The van der Waals surface area contributed by atoms with E-state index in [0.717, 1.165) is 9.80 Å². The van der Waals surface area contributed by atoms with Gasteiger partial charge in [-0.25, -0.2) is 0 Å². The normalized spacial score (nSPS) is 14.3. The molecule has 38 heavy (non-hydrogen) atoms. The van der Waals surface area contributed by atoms with Crippen LogP contribution in [0.3, 0.4) is 0 Å². The molecule has 0 aliphatic heterocycles. The van der Waals surface area contributed by atoms with Crippen molar-refractivity contribution in [2.24, 2.45) is 0 Å². The monoisotopic (exact) mass is 580 g/mol. The lowest BCUT2D eigenvalue weighted by Crippen LogP contribution is -2.55. The fourth-order valence-electron chi connectivity index (χ4n) is 4.22. The SMILES string of the molecule is O=P(O)(O)CN(Cc1cccc(CO)c1O)C(CO)[C@@H](CO)N(Cc1cccc(CO)c1O)CP(=O)(O)O. The highest BCUT2D eigenvalue weighted by atomic mass is 31.2. The van der Waals surface area contributed by atoms with E-state index < -0.39 is 66.3 Å². The van der Waals surface area contributed by atoms with Gasteiger partial charge in [0.15, 0.2) is 0 Å². The largest absolute Gasteiger partial charge is 0.507 e. The fraction of sp³-hybridized carbons (Fsp3) is 0.455. The van der Waals surface area contributed by atoms with E-state index >= 15 is 0 Å². The van der Waals surface area contributed by atoms with E-state index in [4.69, 9.17) is 0 Å². The van der Waals surface area contributed by atoms with E-state index in [0.29, 0.717) is 0 Å². The maximum atomic E-state index is 12.0. The highest BCUT2D eigenvalue weighted by Gasteiger charge is 2.37. The maximum Gasteiger partial charge on any atom is 0.339 e. The first-order valence-electron chi connectivity index (χ1n) is 11.3. The molecule has 0 bridgehead atoms. The molecule has 0 fully saturated rings. The molecule has 2 aromatic rings. The Morgan fingerprint density at radius 2 is 0.921 bits per heavy atom. The molecule has 0 spiro atoms. The van der Waals surface area contributed by atoms with Crippen molar-refractivity contribution >= 4 is 15.2 Å². The second-order valence-corrected chi connectivity index (χ2v) is 12.0. The Kier molecular flexibility index (Phi) is 11.9. The molecule has 0 aromatic heterocycles. The van der Waals surface area contributed by atoms with Gasteiger partial charge in [0.25, 0.3) is 0 Å². The number of hydrogen-bond acceptors (Lipinski definition) is 10. The first-order chi connectivity index (χ1) is 17.7. The Hall–Kier alpha value is -1.90. The van der Waals surface area contributed by atoms with Crippen LogP contribution in [0.1, 0.15) is 22.3 Å². The Morgan fingerprint density at radius 1 is 0.605 bits per heavy atom. The van der Waals surface area contributed by atoms with E-state index in [1.165, 1.54) is 36.4 Å². The summed E-state index contributed by atoms with van der Waals surface area (Å²) in [6, 6.07) is 6.03. The van der Waals surface area contributed by atoms with Crippen LogP contribution in [0.5, 0.6) is 11.5 Å². The van der Waals surface area contributed by atoms with Crippen LogP contribution in [0.25, 0.3) is 0 Å². The predicted octanol–water partition coefficient (Wildman–Crippen LogP) is -0.621. The van der Waals surface area contributed by atoms with Crippen molar-refractivity contribution in [2.45, 2.75) is 38.4 Å². The summed E-state index contributed by atoms with van der Waals surface area (Å²) in [6.07, 6.45) is -1.90. The zero-order valence-electron chi connectivity index (χ0n) is 20.4. The van der Waals surface area contributed by atoms with Gasteiger partial charge in [-0.1, -0.05) is 36.4 Å². The number of aromatic hydroxyl groups is 2.